The van der Waals surface area contributed by atoms with Gasteiger partial charge in [0.15, 0.2) is 6.29 Å². The van der Waals surface area contributed by atoms with Gasteiger partial charge in [0.25, 0.3) is 0 Å². The molecule has 2 aliphatic rings. The minimum absolute atomic E-state index is 0.328. The summed E-state index contributed by atoms with van der Waals surface area (Å²) in [6.07, 6.45) is -2.77. The lowest BCUT2D eigenvalue weighted by Gasteiger charge is -2.46. The van der Waals surface area contributed by atoms with Crippen LogP contribution in [-0.2, 0) is 14.2 Å². The summed E-state index contributed by atoms with van der Waals surface area (Å²) < 4.78 is 17.2. The van der Waals surface area contributed by atoms with Crippen molar-refractivity contribution in [2.75, 3.05) is 6.61 Å². The fraction of sp³-hybridized carbons (Fsp3) is 0.571. The van der Waals surface area contributed by atoms with Gasteiger partial charge in [-0.1, -0.05) is 35.4 Å². The van der Waals surface area contributed by atoms with Gasteiger partial charge in [0.05, 0.1) is 24.9 Å². The van der Waals surface area contributed by atoms with E-state index < -0.39 is 24.5 Å². The highest BCUT2D eigenvalue weighted by Gasteiger charge is 2.47. The Morgan fingerprint density at radius 2 is 2.05 bits per heavy atom. The van der Waals surface area contributed by atoms with Gasteiger partial charge in [0, 0.05) is 10.5 Å². The molecule has 2 saturated heterocycles. The molecule has 2 heterocycles. The van der Waals surface area contributed by atoms with E-state index in [1.165, 1.54) is 0 Å². The molecule has 4 unspecified atom stereocenters. The Labute approximate surface area is 122 Å². The molecule has 6 atom stereocenters. The van der Waals surface area contributed by atoms with Crippen LogP contribution in [0.1, 0.15) is 18.8 Å². The molecule has 7 nitrogen and oxygen atoms in total. The smallest absolute Gasteiger partial charge is 0.184 e. The van der Waals surface area contributed by atoms with Crippen LogP contribution in [0.5, 0.6) is 0 Å². The van der Waals surface area contributed by atoms with E-state index in [0.717, 1.165) is 5.56 Å². The first-order chi connectivity index (χ1) is 10.2. The van der Waals surface area contributed by atoms with Crippen LogP contribution < -0.4 is 0 Å². The molecule has 0 aromatic heterocycles. The second kappa shape index (κ2) is 6.01. The molecule has 0 bridgehead atoms. The third-order valence-electron chi connectivity index (χ3n) is 3.87. The van der Waals surface area contributed by atoms with Gasteiger partial charge in [-0.05, 0) is 12.5 Å². The molecular formula is C14H17N3O4. The number of rotatable bonds is 2. The lowest BCUT2D eigenvalue weighted by atomic mass is 9.93. The molecule has 0 radical (unpaired) electrons. The molecule has 0 amide bonds. The number of nitrogens with zero attached hydrogens (tertiary/aromatic N) is 3. The third kappa shape index (κ3) is 2.74. The van der Waals surface area contributed by atoms with Gasteiger partial charge in [-0.2, -0.15) is 0 Å². The summed E-state index contributed by atoms with van der Waals surface area (Å²) in [6, 6.07) is 8.83. The van der Waals surface area contributed by atoms with Crippen molar-refractivity contribution in [2.45, 2.75) is 43.7 Å². The molecular weight excluding hydrogens is 274 g/mol. The predicted molar refractivity (Wildman–Crippen MR) is 73.3 cm³/mol. The standard InChI is InChI=1S/C14H17N3O4/c1-8-11(16-17-15)12(18)13-10(20-8)7-19-14(21-13)9-5-3-2-4-6-9/h2-6,8,10-14,18H,7H2,1H3/t8-,10?,11?,12?,13-,14?/m1/s1. The van der Waals surface area contributed by atoms with E-state index in [4.69, 9.17) is 19.7 Å². The van der Waals surface area contributed by atoms with E-state index >= 15 is 0 Å². The van der Waals surface area contributed by atoms with Crippen molar-refractivity contribution in [3.8, 4) is 0 Å². The molecule has 0 spiro atoms. The average Bonchev–Trinajstić information content (AvgIpc) is 2.52. The van der Waals surface area contributed by atoms with Crippen molar-refractivity contribution < 1.29 is 19.3 Å². The maximum Gasteiger partial charge on any atom is 0.184 e. The van der Waals surface area contributed by atoms with Crippen LogP contribution in [0.3, 0.4) is 0 Å². The van der Waals surface area contributed by atoms with Crippen molar-refractivity contribution in [1.29, 1.82) is 0 Å². The van der Waals surface area contributed by atoms with E-state index in [2.05, 4.69) is 10.0 Å². The van der Waals surface area contributed by atoms with Gasteiger partial charge in [-0.25, -0.2) is 0 Å². The molecule has 0 aliphatic carbocycles. The molecule has 2 fully saturated rings. The summed E-state index contributed by atoms with van der Waals surface area (Å²) in [6.45, 7) is 2.09. The van der Waals surface area contributed by atoms with Crippen LogP contribution in [0, 0.1) is 0 Å². The number of benzene rings is 1. The molecule has 112 valence electrons. The molecule has 1 aromatic carbocycles. The van der Waals surface area contributed by atoms with E-state index in [0.29, 0.717) is 6.61 Å². The van der Waals surface area contributed by atoms with Crippen molar-refractivity contribution in [3.05, 3.63) is 46.3 Å². The summed E-state index contributed by atoms with van der Waals surface area (Å²) in [4.78, 5) is 2.77. The lowest BCUT2D eigenvalue weighted by molar-refractivity contribution is -0.311. The van der Waals surface area contributed by atoms with Crippen molar-refractivity contribution >= 4 is 0 Å². The molecule has 1 N–H and O–H groups in total. The van der Waals surface area contributed by atoms with E-state index in [-0.39, 0.29) is 12.2 Å². The van der Waals surface area contributed by atoms with Gasteiger partial charge in [0.1, 0.15) is 12.2 Å². The Kier molecular flexibility index (Phi) is 4.10. The fourth-order valence-electron chi connectivity index (χ4n) is 2.80. The second-order valence-corrected chi connectivity index (χ2v) is 5.24. The summed E-state index contributed by atoms with van der Waals surface area (Å²) in [7, 11) is 0. The Bertz CT molecular complexity index is 534. The van der Waals surface area contributed by atoms with E-state index in [9.17, 15) is 5.11 Å². The summed E-state index contributed by atoms with van der Waals surface area (Å²) in [5.74, 6) is 0. The van der Waals surface area contributed by atoms with E-state index in [1.54, 1.807) is 6.92 Å². The largest absolute Gasteiger partial charge is 0.390 e. The zero-order valence-electron chi connectivity index (χ0n) is 11.6. The average molecular weight is 291 g/mol. The number of azide groups is 1. The zero-order chi connectivity index (χ0) is 14.8. The minimum atomic E-state index is -0.912. The number of aliphatic hydroxyl groups is 1. The fourth-order valence-corrected chi connectivity index (χ4v) is 2.80. The number of ether oxygens (including phenoxy) is 3. The molecule has 21 heavy (non-hydrogen) atoms. The molecule has 7 heteroatoms. The van der Waals surface area contributed by atoms with Crippen LogP contribution >= 0.6 is 0 Å². The van der Waals surface area contributed by atoms with Crippen LogP contribution in [0.4, 0.5) is 0 Å². The monoisotopic (exact) mass is 291 g/mol. The number of aliphatic hydroxyl groups excluding tert-OH is 1. The first-order valence-electron chi connectivity index (χ1n) is 6.90. The van der Waals surface area contributed by atoms with Gasteiger partial charge >= 0.3 is 0 Å². The van der Waals surface area contributed by atoms with Crippen LogP contribution in [0.25, 0.3) is 10.4 Å². The van der Waals surface area contributed by atoms with Gasteiger partial charge in [-0.3, -0.25) is 0 Å². The summed E-state index contributed by atoms with van der Waals surface area (Å²) >= 11 is 0. The van der Waals surface area contributed by atoms with Crippen molar-refractivity contribution in [3.63, 3.8) is 0 Å². The zero-order valence-corrected chi connectivity index (χ0v) is 11.6. The van der Waals surface area contributed by atoms with E-state index in [1.807, 2.05) is 30.3 Å². The molecule has 0 saturated carbocycles. The number of hydrogen-bond acceptors (Lipinski definition) is 5. The predicted octanol–water partition coefficient (Wildman–Crippen LogP) is 1.93. The molecule has 2 aliphatic heterocycles. The highest BCUT2D eigenvalue weighted by atomic mass is 16.7. The van der Waals surface area contributed by atoms with Gasteiger partial charge < -0.3 is 19.3 Å². The van der Waals surface area contributed by atoms with Gasteiger partial charge in [0.2, 0.25) is 0 Å². The summed E-state index contributed by atoms with van der Waals surface area (Å²) in [5, 5.41) is 14.0. The normalized spacial score (nSPS) is 39.1. The quantitative estimate of drug-likeness (QED) is 0.511. The Hall–Kier alpha value is -1.63. The number of hydrogen-bond donors (Lipinski definition) is 1. The SMILES string of the molecule is C[C@H]1OC2COC(c3ccccc3)O[C@H]2C(O)C1N=[N+]=[N-]. The summed E-state index contributed by atoms with van der Waals surface area (Å²) in [5.41, 5.74) is 9.48. The lowest BCUT2D eigenvalue weighted by Crippen LogP contribution is -2.60. The number of fused-ring (bicyclic) bond motifs is 1. The Balaban J connectivity index is 1.78. The first-order valence-corrected chi connectivity index (χ1v) is 6.90. The van der Waals surface area contributed by atoms with Crippen LogP contribution in [0.2, 0.25) is 0 Å². The highest BCUT2D eigenvalue weighted by molar-refractivity contribution is 5.16. The molecule has 3 rings (SSSR count). The first kappa shape index (κ1) is 14.3. The minimum Gasteiger partial charge on any atom is -0.390 e. The van der Waals surface area contributed by atoms with Crippen LogP contribution in [0.15, 0.2) is 35.4 Å². The van der Waals surface area contributed by atoms with Crippen LogP contribution in [-0.4, -0.2) is 42.2 Å². The Morgan fingerprint density at radius 3 is 2.76 bits per heavy atom. The topological polar surface area (TPSA) is 96.7 Å². The second-order valence-electron chi connectivity index (χ2n) is 5.24. The van der Waals surface area contributed by atoms with Crippen molar-refractivity contribution in [1.82, 2.24) is 0 Å². The van der Waals surface area contributed by atoms with Gasteiger partial charge in [-0.15, -0.1) is 0 Å². The maximum atomic E-state index is 10.4. The van der Waals surface area contributed by atoms with Crippen molar-refractivity contribution in [2.24, 2.45) is 5.11 Å². The maximum absolute atomic E-state index is 10.4. The molecule has 1 aromatic rings. The highest BCUT2D eigenvalue weighted by Crippen LogP contribution is 2.34. The third-order valence-corrected chi connectivity index (χ3v) is 3.87. The Morgan fingerprint density at radius 1 is 1.29 bits per heavy atom.